The molecule has 114 valence electrons. The number of hydrogen-bond donors (Lipinski definition) is 0. The van der Waals surface area contributed by atoms with E-state index in [-0.39, 0.29) is 5.78 Å². The number of benzene rings is 2. The first-order chi connectivity index (χ1) is 11.2. The van der Waals surface area contributed by atoms with Crippen molar-refractivity contribution in [3.63, 3.8) is 0 Å². The highest BCUT2D eigenvalue weighted by molar-refractivity contribution is 6.16. The molecule has 0 radical (unpaired) electrons. The van der Waals surface area contributed by atoms with Gasteiger partial charge in [0.15, 0.2) is 5.78 Å². The Morgan fingerprint density at radius 3 is 2.61 bits per heavy atom. The van der Waals surface area contributed by atoms with Gasteiger partial charge in [0.05, 0.1) is 11.1 Å². The molecular formula is C20H17NO2. The molecule has 0 amide bonds. The van der Waals surface area contributed by atoms with Crippen molar-refractivity contribution in [2.75, 3.05) is 6.61 Å². The van der Waals surface area contributed by atoms with Gasteiger partial charge in [0.2, 0.25) is 0 Å². The second-order valence-electron chi connectivity index (χ2n) is 5.45. The fourth-order valence-corrected chi connectivity index (χ4v) is 2.41. The first-order valence-electron chi connectivity index (χ1n) is 7.41. The van der Waals surface area contributed by atoms with Crippen molar-refractivity contribution in [1.29, 1.82) is 0 Å². The number of carbonyl (C=O) groups is 1. The third-order valence-corrected chi connectivity index (χ3v) is 3.48. The number of pyridine rings is 1. The van der Waals surface area contributed by atoms with Crippen molar-refractivity contribution in [2.24, 2.45) is 0 Å². The van der Waals surface area contributed by atoms with E-state index in [0.29, 0.717) is 29.0 Å². The summed E-state index contributed by atoms with van der Waals surface area (Å²) >= 11 is 0. The molecule has 0 saturated carbocycles. The standard InChI is InChI=1S/C20H17NO2/c1-14(2)13-23-18-11-4-3-9-16(18)20(22)17-10-5-7-15-8-6-12-21-19(15)17/h3-12H,1,13H2,2H3. The summed E-state index contributed by atoms with van der Waals surface area (Å²) in [4.78, 5) is 17.3. The molecule has 3 nitrogen and oxygen atoms in total. The van der Waals surface area contributed by atoms with Gasteiger partial charge in [-0.05, 0) is 36.8 Å². The van der Waals surface area contributed by atoms with E-state index in [0.717, 1.165) is 11.0 Å². The Kier molecular flexibility index (Phi) is 4.20. The molecule has 0 fully saturated rings. The molecule has 0 aliphatic carbocycles. The molecule has 2 aromatic carbocycles. The normalized spacial score (nSPS) is 10.5. The van der Waals surface area contributed by atoms with Gasteiger partial charge in [0, 0.05) is 17.1 Å². The number of ether oxygens (including phenoxy) is 1. The van der Waals surface area contributed by atoms with Gasteiger partial charge in [-0.3, -0.25) is 9.78 Å². The van der Waals surface area contributed by atoms with Crippen LogP contribution >= 0.6 is 0 Å². The summed E-state index contributed by atoms with van der Waals surface area (Å²) in [5.74, 6) is 0.472. The Balaban J connectivity index is 2.04. The van der Waals surface area contributed by atoms with Crippen LogP contribution in [0.4, 0.5) is 0 Å². The average molecular weight is 303 g/mol. The molecule has 0 aliphatic rings. The molecule has 3 heteroatoms. The van der Waals surface area contributed by atoms with Crippen molar-refractivity contribution in [3.05, 3.63) is 84.1 Å². The monoisotopic (exact) mass is 303 g/mol. The third kappa shape index (κ3) is 3.14. The highest BCUT2D eigenvalue weighted by atomic mass is 16.5. The lowest BCUT2D eigenvalue weighted by Crippen LogP contribution is -2.07. The lowest BCUT2D eigenvalue weighted by Gasteiger charge is -2.11. The number of nitrogens with zero attached hydrogens (tertiary/aromatic N) is 1. The zero-order valence-corrected chi connectivity index (χ0v) is 13.0. The molecule has 0 N–H and O–H groups in total. The topological polar surface area (TPSA) is 39.2 Å². The van der Waals surface area contributed by atoms with E-state index >= 15 is 0 Å². The number of ketones is 1. The van der Waals surface area contributed by atoms with Gasteiger partial charge in [-0.1, -0.05) is 36.9 Å². The van der Waals surface area contributed by atoms with Gasteiger partial charge >= 0.3 is 0 Å². The predicted molar refractivity (Wildman–Crippen MR) is 91.9 cm³/mol. The van der Waals surface area contributed by atoms with Crippen molar-refractivity contribution >= 4 is 16.7 Å². The maximum Gasteiger partial charge on any atom is 0.198 e. The lowest BCUT2D eigenvalue weighted by molar-refractivity contribution is 0.103. The van der Waals surface area contributed by atoms with Crippen LogP contribution in [-0.4, -0.2) is 17.4 Å². The molecule has 0 unspecified atom stereocenters. The van der Waals surface area contributed by atoms with E-state index in [2.05, 4.69) is 11.6 Å². The minimum absolute atomic E-state index is 0.0911. The van der Waals surface area contributed by atoms with Crippen molar-refractivity contribution in [1.82, 2.24) is 4.98 Å². The van der Waals surface area contributed by atoms with Crippen LogP contribution in [0, 0.1) is 0 Å². The molecular weight excluding hydrogens is 286 g/mol. The van der Waals surface area contributed by atoms with Gasteiger partial charge in [0.25, 0.3) is 0 Å². The summed E-state index contributed by atoms with van der Waals surface area (Å²) in [5, 5.41) is 0.943. The summed E-state index contributed by atoms with van der Waals surface area (Å²) in [6.07, 6.45) is 1.70. The van der Waals surface area contributed by atoms with Gasteiger partial charge in [-0.2, -0.15) is 0 Å². The van der Waals surface area contributed by atoms with E-state index in [4.69, 9.17) is 4.74 Å². The van der Waals surface area contributed by atoms with Crippen molar-refractivity contribution < 1.29 is 9.53 Å². The van der Waals surface area contributed by atoms with Crippen LogP contribution in [0.25, 0.3) is 10.9 Å². The molecule has 1 heterocycles. The van der Waals surface area contributed by atoms with E-state index < -0.39 is 0 Å². The smallest absolute Gasteiger partial charge is 0.198 e. The van der Waals surface area contributed by atoms with E-state index in [1.165, 1.54) is 0 Å². The first-order valence-corrected chi connectivity index (χ1v) is 7.41. The van der Waals surface area contributed by atoms with Crippen LogP contribution in [0.3, 0.4) is 0 Å². The lowest BCUT2D eigenvalue weighted by atomic mass is 9.99. The Labute approximate surface area is 135 Å². The van der Waals surface area contributed by atoms with E-state index in [1.807, 2.05) is 43.3 Å². The molecule has 23 heavy (non-hydrogen) atoms. The summed E-state index contributed by atoms with van der Waals surface area (Å²) in [7, 11) is 0. The summed E-state index contributed by atoms with van der Waals surface area (Å²) in [6, 6.07) is 16.7. The molecule has 0 saturated heterocycles. The Morgan fingerprint density at radius 2 is 1.78 bits per heavy atom. The molecule has 1 aromatic heterocycles. The zero-order chi connectivity index (χ0) is 16.2. The fraction of sp³-hybridized carbons (Fsp3) is 0.100. The molecule has 3 rings (SSSR count). The van der Waals surface area contributed by atoms with E-state index in [1.54, 1.807) is 24.4 Å². The Bertz CT molecular complexity index is 878. The first kappa shape index (κ1) is 15.0. The number of carbonyl (C=O) groups excluding carboxylic acids is 1. The Hall–Kier alpha value is -2.94. The summed E-state index contributed by atoms with van der Waals surface area (Å²) in [6.45, 7) is 6.10. The number of aromatic nitrogens is 1. The molecule has 0 bridgehead atoms. The molecule has 0 atom stereocenters. The average Bonchev–Trinajstić information content (AvgIpc) is 2.59. The molecule has 0 aliphatic heterocycles. The number of rotatable bonds is 5. The number of hydrogen-bond acceptors (Lipinski definition) is 3. The largest absolute Gasteiger partial charge is 0.489 e. The second-order valence-corrected chi connectivity index (χ2v) is 5.45. The van der Waals surface area contributed by atoms with Crippen LogP contribution in [0.5, 0.6) is 5.75 Å². The zero-order valence-electron chi connectivity index (χ0n) is 13.0. The van der Waals surface area contributed by atoms with Gasteiger partial charge < -0.3 is 4.74 Å². The maximum atomic E-state index is 13.0. The third-order valence-electron chi connectivity index (χ3n) is 3.48. The summed E-state index contributed by atoms with van der Waals surface area (Å²) < 4.78 is 5.71. The highest BCUT2D eigenvalue weighted by Gasteiger charge is 2.17. The van der Waals surface area contributed by atoms with Crippen LogP contribution in [0.1, 0.15) is 22.8 Å². The quantitative estimate of drug-likeness (QED) is 0.517. The van der Waals surface area contributed by atoms with Gasteiger partial charge in [0.1, 0.15) is 12.4 Å². The van der Waals surface area contributed by atoms with Crippen LogP contribution < -0.4 is 4.74 Å². The van der Waals surface area contributed by atoms with Crippen LogP contribution in [0.15, 0.2) is 72.9 Å². The second kappa shape index (κ2) is 6.44. The molecule has 3 aromatic rings. The van der Waals surface area contributed by atoms with E-state index in [9.17, 15) is 4.79 Å². The highest BCUT2D eigenvalue weighted by Crippen LogP contribution is 2.25. The SMILES string of the molecule is C=C(C)COc1ccccc1C(=O)c1cccc2cccnc12. The van der Waals surface area contributed by atoms with Crippen molar-refractivity contribution in [3.8, 4) is 5.75 Å². The maximum absolute atomic E-state index is 13.0. The van der Waals surface area contributed by atoms with Crippen molar-refractivity contribution in [2.45, 2.75) is 6.92 Å². The predicted octanol–water partition coefficient (Wildman–Crippen LogP) is 4.42. The summed E-state index contributed by atoms with van der Waals surface area (Å²) in [5.41, 5.74) is 2.72. The minimum atomic E-state index is -0.0911. The van der Waals surface area contributed by atoms with Gasteiger partial charge in [-0.25, -0.2) is 0 Å². The minimum Gasteiger partial charge on any atom is -0.489 e. The Morgan fingerprint density at radius 1 is 1.04 bits per heavy atom. The van der Waals surface area contributed by atoms with Crippen LogP contribution in [0.2, 0.25) is 0 Å². The van der Waals surface area contributed by atoms with Gasteiger partial charge in [-0.15, -0.1) is 0 Å². The van der Waals surface area contributed by atoms with Crippen LogP contribution in [-0.2, 0) is 0 Å². The number of para-hydroxylation sites is 2. The fourth-order valence-electron chi connectivity index (χ4n) is 2.41. The molecule has 0 spiro atoms. The number of fused-ring (bicyclic) bond motifs is 1.